The quantitative estimate of drug-likeness (QED) is 0.111. The monoisotopic (exact) mass is 730 g/mol. The van der Waals surface area contributed by atoms with Crippen LogP contribution in [0.3, 0.4) is 0 Å². The number of hydrogen-bond acceptors (Lipinski definition) is 5. The van der Waals surface area contributed by atoms with E-state index in [2.05, 4.69) is 48.4 Å². The highest BCUT2D eigenvalue weighted by Crippen LogP contribution is 2.55. The Kier molecular flexibility index (Phi) is 15.1. The number of nitrogens with one attached hydrogen (secondary N) is 2. The second kappa shape index (κ2) is 19.9. The Bertz CT molecular complexity index is 1330. The molecule has 0 radical (unpaired) electrons. The SMILES string of the molecule is CCCCCCCCN(CCCCCCCC)C[C@@H]1O[C@H](c2ccc(NC(=O)NC34CC5CC(CC(C5)C3)C4)cc2)O[C@H](c2ccc(CO)cc2)[C@@H]1C. The van der Waals surface area contributed by atoms with E-state index in [9.17, 15) is 9.90 Å². The molecule has 4 bridgehead atoms. The Labute approximate surface area is 321 Å². The van der Waals surface area contributed by atoms with Gasteiger partial charge in [-0.05, 0) is 105 Å². The van der Waals surface area contributed by atoms with Crippen molar-refractivity contribution >= 4 is 11.7 Å². The number of unbranched alkanes of at least 4 members (excludes halogenated alkanes) is 10. The third kappa shape index (κ3) is 11.3. The molecule has 0 aromatic heterocycles. The van der Waals surface area contributed by atoms with E-state index in [0.29, 0.717) is 0 Å². The summed E-state index contributed by atoms with van der Waals surface area (Å²) in [6.45, 7) is 9.98. The van der Waals surface area contributed by atoms with Crippen molar-refractivity contribution in [3.8, 4) is 0 Å². The minimum atomic E-state index is -0.515. The van der Waals surface area contributed by atoms with Crippen molar-refractivity contribution < 1.29 is 19.4 Å². The van der Waals surface area contributed by atoms with E-state index >= 15 is 0 Å². The molecule has 7 rings (SSSR count). The van der Waals surface area contributed by atoms with Crippen LogP contribution in [0.25, 0.3) is 0 Å². The second-order valence-corrected chi connectivity index (χ2v) is 17.6. The number of nitrogens with zero attached hydrogens (tertiary/aromatic N) is 1. The molecular weight excluding hydrogens is 659 g/mol. The number of aliphatic hydroxyl groups excluding tert-OH is 1. The average Bonchev–Trinajstić information content (AvgIpc) is 3.14. The lowest BCUT2D eigenvalue weighted by molar-refractivity contribution is -0.276. The molecule has 53 heavy (non-hydrogen) atoms. The number of ether oxygens (including phenoxy) is 2. The molecule has 1 saturated heterocycles. The van der Waals surface area contributed by atoms with Crippen LogP contribution in [0.2, 0.25) is 0 Å². The normalized spacial score (nSPS) is 29.1. The van der Waals surface area contributed by atoms with Crippen LogP contribution >= 0.6 is 0 Å². The molecule has 2 aromatic rings. The molecule has 1 heterocycles. The topological polar surface area (TPSA) is 83.1 Å². The summed E-state index contributed by atoms with van der Waals surface area (Å²) in [5, 5.41) is 16.3. The first-order valence-corrected chi connectivity index (χ1v) is 21.8. The smallest absolute Gasteiger partial charge is 0.319 e. The van der Waals surface area contributed by atoms with Crippen molar-refractivity contribution in [2.45, 2.75) is 167 Å². The van der Waals surface area contributed by atoms with Crippen molar-refractivity contribution in [1.82, 2.24) is 10.2 Å². The predicted octanol–water partition coefficient (Wildman–Crippen LogP) is 11.1. The summed E-state index contributed by atoms with van der Waals surface area (Å²) >= 11 is 0. The van der Waals surface area contributed by atoms with E-state index in [4.69, 9.17) is 9.47 Å². The zero-order valence-corrected chi connectivity index (χ0v) is 33.3. The number of hydrogen-bond donors (Lipinski definition) is 3. The van der Waals surface area contributed by atoms with Gasteiger partial charge in [-0.25, -0.2) is 4.79 Å². The predicted molar refractivity (Wildman–Crippen MR) is 216 cm³/mol. The van der Waals surface area contributed by atoms with Crippen LogP contribution in [0.5, 0.6) is 0 Å². The van der Waals surface area contributed by atoms with Crippen molar-refractivity contribution in [2.24, 2.45) is 23.7 Å². The molecule has 7 heteroatoms. The van der Waals surface area contributed by atoms with Crippen LogP contribution in [-0.4, -0.2) is 47.3 Å². The molecule has 0 unspecified atom stereocenters. The molecule has 5 fully saturated rings. The van der Waals surface area contributed by atoms with E-state index < -0.39 is 6.29 Å². The minimum absolute atomic E-state index is 0.000288. The number of benzene rings is 2. The first-order chi connectivity index (χ1) is 25.9. The van der Waals surface area contributed by atoms with Gasteiger partial charge in [0.05, 0.1) is 18.8 Å². The maximum Gasteiger partial charge on any atom is 0.319 e. The van der Waals surface area contributed by atoms with Crippen LogP contribution in [0, 0.1) is 23.7 Å². The zero-order chi connectivity index (χ0) is 37.0. The zero-order valence-electron chi connectivity index (χ0n) is 33.3. The lowest BCUT2D eigenvalue weighted by Crippen LogP contribution is -2.60. The van der Waals surface area contributed by atoms with Gasteiger partial charge in [0, 0.05) is 29.3 Å². The molecule has 2 aromatic carbocycles. The number of carbonyl (C=O) groups is 1. The van der Waals surface area contributed by atoms with Gasteiger partial charge in [0.2, 0.25) is 0 Å². The standard InChI is InChI=1S/C46H71N3O4/c1-4-6-8-10-12-14-24-49(25-15-13-11-9-7-5-2)32-42-34(3)43(39-18-16-35(33-50)17-19-39)53-44(52-42)40-20-22-41(23-21-40)47-45(51)48-46-29-36-26-37(30-46)28-38(27-36)31-46/h16-23,34,36-38,42-44,50H,4-15,24-33H2,1-3H3,(H2,47,48,51)/t34-,36?,37?,38?,42+,43+,44+,46?/m1/s1. The van der Waals surface area contributed by atoms with E-state index in [-0.39, 0.29) is 36.3 Å². The third-order valence-electron chi connectivity index (χ3n) is 13.1. The fourth-order valence-corrected chi connectivity index (χ4v) is 10.5. The molecule has 3 N–H and O–H groups in total. The fraction of sp³-hybridized carbons (Fsp3) is 0.717. The van der Waals surface area contributed by atoms with Gasteiger partial charge in [0.1, 0.15) is 0 Å². The molecule has 7 nitrogen and oxygen atoms in total. The largest absolute Gasteiger partial charge is 0.392 e. The van der Waals surface area contributed by atoms with Gasteiger partial charge < -0.3 is 30.1 Å². The van der Waals surface area contributed by atoms with Crippen molar-refractivity contribution in [3.63, 3.8) is 0 Å². The minimum Gasteiger partial charge on any atom is -0.392 e. The summed E-state index contributed by atoms with van der Waals surface area (Å²) in [5.74, 6) is 2.52. The van der Waals surface area contributed by atoms with Crippen molar-refractivity contribution in [3.05, 3.63) is 65.2 Å². The molecule has 294 valence electrons. The Morgan fingerprint density at radius 1 is 0.736 bits per heavy atom. The number of carbonyl (C=O) groups excluding carboxylic acids is 1. The highest BCUT2D eigenvalue weighted by molar-refractivity contribution is 5.89. The summed E-state index contributed by atoms with van der Waals surface area (Å²) < 4.78 is 13.7. The highest BCUT2D eigenvalue weighted by atomic mass is 16.7. The summed E-state index contributed by atoms with van der Waals surface area (Å²) in [6, 6.07) is 16.2. The van der Waals surface area contributed by atoms with Gasteiger partial charge in [0.15, 0.2) is 6.29 Å². The summed E-state index contributed by atoms with van der Waals surface area (Å²) in [5.41, 5.74) is 3.75. The second-order valence-electron chi connectivity index (χ2n) is 17.6. The van der Waals surface area contributed by atoms with E-state index in [0.717, 1.165) is 79.0 Å². The van der Waals surface area contributed by atoms with Crippen LogP contribution in [0.4, 0.5) is 10.5 Å². The summed E-state index contributed by atoms with van der Waals surface area (Å²) in [7, 11) is 0. The Hall–Kier alpha value is -2.45. The Balaban J connectivity index is 1.12. The fourth-order valence-electron chi connectivity index (χ4n) is 10.5. The number of anilines is 1. The van der Waals surface area contributed by atoms with Crippen LogP contribution in [-0.2, 0) is 16.1 Å². The molecule has 5 aliphatic rings. The molecular formula is C46H71N3O4. The summed E-state index contributed by atoms with van der Waals surface area (Å²) in [4.78, 5) is 16.0. The number of aliphatic hydroxyl groups is 1. The number of amides is 2. The van der Waals surface area contributed by atoms with Crippen molar-refractivity contribution in [2.75, 3.05) is 25.0 Å². The molecule has 1 aliphatic heterocycles. The lowest BCUT2D eigenvalue weighted by atomic mass is 9.53. The summed E-state index contributed by atoms with van der Waals surface area (Å²) in [6.07, 6.45) is 22.5. The van der Waals surface area contributed by atoms with Gasteiger partial charge in [-0.2, -0.15) is 0 Å². The van der Waals surface area contributed by atoms with E-state index in [1.54, 1.807) is 0 Å². The first-order valence-electron chi connectivity index (χ1n) is 21.8. The van der Waals surface area contributed by atoms with Crippen LogP contribution in [0.1, 0.15) is 165 Å². The lowest BCUT2D eigenvalue weighted by Gasteiger charge is -2.56. The van der Waals surface area contributed by atoms with Crippen LogP contribution in [0.15, 0.2) is 48.5 Å². The van der Waals surface area contributed by atoms with Gasteiger partial charge in [-0.1, -0.05) is 121 Å². The van der Waals surface area contributed by atoms with Gasteiger partial charge in [0.25, 0.3) is 0 Å². The maximum absolute atomic E-state index is 13.3. The molecule has 4 atom stereocenters. The number of rotatable bonds is 21. The first kappa shape index (κ1) is 40.2. The Morgan fingerprint density at radius 2 is 1.26 bits per heavy atom. The van der Waals surface area contributed by atoms with E-state index in [1.807, 2.05) is 36.4 Å². The number of urea groups is 1. The molecule has 2 amide bonds. The van der Waals surface area contributed by atoms with Crippen molar-refractivity contribution in [1.29, 1.82) is 0 Å². The van der Waals surface area contributed by atoms with Gasteiger partial charge in [-0.3, -0.25) is 0 Å². The van der Waals surface area contributed by atoms with Crippen LogP contribution < -0.4 is 10.6 Å². The molecule has 4 saturated carbocycles. The van der Waals surface area contributed by atoms with Gasteiger partial charge in [-0.15, -0.1) is 0 Å². The third-order valence-corrected chi connectivity index (χ3v) is 13.1. The maximum atomic E-state index is 13.3. The molecule has 4 aliphatic carbocycles. The Morgan fingerprint density at radius 3 is 1.81 bits per heavy atom. The average molecular weight is 730 g/mol. The molecule has 0 spiro atoms. The highest BCUT2D eigenvalue weighted by Gasteiger charge is 2.51. The van der Waals surface area contributed by atoms with E-state index in [1.165, 1.54) is 96.3 Å². The van der Waals surface area contributed by atoms with Gasteiger partial charge >= 0.3 is 6.03 Å².